The minimum Gasteiger partial charge on any atom is -0.489 e. The summed E-state index contributed by atoms with van der Waals surface area (Å²) >= 11 is 6.30. The van der Waals surface area contributed by atoms with Gasteiger partial charge in [0.2, 0.25) is 5.76 Å². The molecule has 1 unspecified atom stereocenters. The van der Waals surface area contributed by atoms with Gasteiger partial charge in [0.15, 0.2) is 5.43 Å². The van der Waals surface area contributed by atoms with Gasteiger partial charge in [-0.25, -0.2) is 0 Å². The molecule has 2 heterocycles. The Morgan fingerprint density at radius 2 is 1.82 bits per heavy atom. The lowest BCUT2D eigenvalue weighted by Gasteiger charge is -2.25. The van der Waals surface area contributed by atoms with Crippen LogP contribution in [-0.2, 0) is 6.61 Å². The van der Waals surface area contributed by atoms with Crippen LogP contribution in [0.2, 0.25) is 5.02 Å². The molecule has 0 radical (unpaired) electrons. The van der Waals surface area contributed by atoms with Crippen molar-refractivity contribution in [2.45, 2.75) is 32.9 Å². The van der Waals surface area contributed by atoms with E-state index >= 15 is 0 Å². The molecule has 6 heteroatoms. The van der Waals surface area contributed by atoms with E-state index in [4.69, 9.17) is 20.8 Å². The van der Waals surface area contributed by atoms with Gasteiger partial charge < -0.3 is 14.1 Å². The number of carbonyl (C=O) groups is 1. The zero-order valence-corrected chi connectivity index (χ0v) is 19.8. The highest BCUT2D eigenvalue weighted by atomic mass is 35.5. The van der Waals surface area contributed by atoms with Gasteiger partial charge in [-0.15, -0.1) is 0 Å². The topological polar surface area (TPSA) is 59.8 Å². The van der Waals surface area contributed by atoms with Crippen LogP contribution in [0.15, 0.2) is 75.9 Å². The lowest BCUT2D eigenvalue weighted by Crippen LogP contribution is -2.30. The third kappa shape index (κ3) is 3.86. The Hall–Kier alpha value is -3.57. The standard InChI is InChI=1S/C28H24ClNO4/c1-3-12-30-25(19-10-7-11-20(14-19)33-16-18-8-5-4-6-9-18)24-26(31)21-15-22(29)17(2)13-23(21)34-27(24)28(30)32/h4-11,13-15,25H,3,12,16H2,1-2H3. The summed E-state index contributed by atoms with van der Waals surface area (Å²) in [4.78, 5) is 28.7. The summed E-state index contributed by atoms with van der Waals surface area (Å²) in [5.41, 5.74) is 3.14. The molecule has 0 fully saturated rings. The minimum absolute atomic E-state index is 0.105. The molecule has 1 amide bonds. The first kappa shape index (κ1) is 22.2. The average molecular weight is 474 g/mol. The zero-order valence-electron chi connectivity index (χ0n) is 19.0. The Balaban J connectivity index is 1.60. The molecule has 5 rings (SSSR count). The van der Waals surface area contributed by atoms with Crippen molar-refractivity contribution in [2.75, 3.05) is 6.54 Å². The number of benzene rings is 3. The highest BCUT2D eigenvalue weighted by Crippen LogP contribution is 2.39. The second kappa shape index (κ2) is 8.99. The van der Waals surface area contributed by atoms with Crippen molar-refractivity contribution in [3.05, 3.63) is 110 Å². The fourth-order valence-electron chi connectivity index (χ4n) is 4.47. The van der Waals surface area contributed by atoms with E-state index in [-0.39, 0.29) is 17.1 Å². The van der Waals surface area contributed by atoms with Crippen LogP contribution < -0.4 is 10.2 Å². The average Bonchev–Trinajstić information content (AvgIpc) is 3.12. The normalized spacial score (nSPS) is 15.1. The Bertz CT molecular complexity index is 1440. The number of ether oxygens (including phenoxy) is 1. The Kier molecular flexibility index (Phi) is 5.88. The minimum atomic E-state index is -0.552. The van der Waals surface area contributed by atoms with Crippen LogP contribution in [-0.4, -0.2) is 17.4 Å². The quantitative estimate of drug-likeness (QED) is 0.330. The molecule has 1 aliphatic heterocycles. The van der Waals surface area contributed by atoms with Gasteiger partial charge in [-0.2, -0.15) is 0 Å². The summed E-state index contributed by atoms with van der Waals surface area (Å²) in [6.45, 7) is 4.76. The summed E-state index contributed by atoms with van der Waals surface area (Å²) in [5, 5.41) is 0.865. The van der Waals surface area contributed by atoms with Crippen molar-refractivity contribution < 1.29 is 13.9 Å². The van der Waals surface area contributed by atoms with Gasteiger partial charge in [-0.3, -0.25) is 9.59 Å². The van der Waals surface area contributed by atoms with Crippen LogP contribution in [0.1, 0.15) is 52.2 Å². The van der Waals surface area contributed by atoms with Gasteiger partial charge in [0.05, 0.1) is 17.0 Å². The number of rotatable bonds is 6. The summed E-state index contributed by atoms with van der Waals surface area (Å²) in [5.74, 6) is 0.500. The highest BCUT2D eigenvalue weighted by Gasteiger charge is 2.42. The lowest BCUT2D eigenvalue weighted by atomic mass is 9.98. The van der Waals surface area contributed by atoms with Gasteiger partial charge in [0.25, 0.3) is 5.91 Å². The number of aryl methyl sites for hydroxylation is 1. The maximum Gasteiger partial charge on any atom is 0.290 e. The zero-order chi connectivity index (χ0) is 23.8. The van der Waals surface area contributed by atoms with Crippen LogP contribution in [0, 0.1) is 6.92 Å². The third-order valence-corrected chi connectivity index (χ3v) is 6.54. The third-order valence-electron chi connectivity index (χ3n) is 6.13. The number of halogens is 1. The monoisotopic (exact) mass is 473 g/mol. The van der Waals surface area contributed by atoms with Gasteiger partial charge in [-0.05, 0) is 54.3 Å². The molecule has 172 valence electrons. The highest BCUT2D eigenvalue weighted by molar-refractivity contribution is 6.32. The second-order valence-corrected chi connectivity index (χ2v) is 8.93. The van der Waals surface area contributed by atoms with E-state index in [1.807, 2.05) is 68.4 Å². The molecule has 0 spiro atoms. The molecule has 3 aromatic carbocycles. The van der Waals surface area contributed by atoms with Crippen molar-refractivity contribution in [3.63, 3.8) is 0 Å². The molecule has 1 aliphatic rings. The fourth-order valence-corrected chi connectivity index (χ4v) is 4.64. The first-order valence-electron chi connectivity index (χ1n) is 11.3. The predicted octanol–water partition coefficient (Wildman–Crippen LogP) is 6.29. The number of hydrogen-bond donors (Lipinski definition) is 0. The van der Waals surface area contributed by atoms with Crippen LogP contribution in [0.3, 0.4) is 0 Å². The molecule has 0 saturated heterocycles. The maximum atomic E-state index is 13.6. The van der Waals surface area contributed by atoms with E-state index < -0.39 is 6.04 Å². The van der Waals surface area contributed by atoms with E-state index in [2.05, 4.69) is 0 Å². The molecule has 0 aliphatic carbocycles. The summed E-state index contributed by atoms with van der Waals surface area (Å²) < 4.78 is 12.0. The number of carbonyl (C=O) groups excluding carboxylic acids is 1. The van der Waals surface area contributed by atoms with E-state index in [1.165, 1.54) is 0 Å². The molecule has 1 atom stereocenters. The maximum absolute atomic E-state index is 13.6. The van der Waals surface area contributed by atoms with Crippen molar-refractivity contribution in [3.8, 4) is 5.75 Å². The van der Waals surface area contributed by atoms with Gasteiger partial charge in [-0.1, -0.05) is 61.0 Å². The molecular weight excluding hydrogens is 450 g/mol. The summed E-state index contributed by atoms with van der Waals surface area (Å²) in [7, 11) is 0. The summed E-state index contributed by atoms with van der Waals surface area (Å²) in [6, 6.07) is 20.3. The predicted molar refractivity (Wildman–Crippen MR) is 133 cm³/mol. The molecule has 1 aromatic heterocycles. The largest absolute Gasteiger partial charge is 0.489 e. The Morgan fingerprint density at radius 3 is 2.59 bits per heavy atom. The molecule has 0 bridgehead atoms. The first-order chi connectivity index (χ1) is 16.5. The number of fused-ring (bicyclic) bond motifs is 2. The van der Waals surface area contributed by atoms with Gasteiger partial charge in [0.1, 0.15) is 17.9 Å². The van der Waals surface area contributed by atoms with Crippen molar-refractivity contribution in [2.24, 2.45) is 0 Å². The molecule has 4 aromatic rings. The van der Waals surface area contributed by atoms with E-state index in [1.54, 1.807) is 17.0 Å². The smallest absolute Gasteiger partial charge is 0.290 e. The molecule has 0 saturated carbocycles. The van der Waals surface area contributed by atoms with Crippen LogP contribution >= 0.6 is 11.6 Å². The van der Waals surface area contributed by atoms with Gasteiger partial charge in [0, 0.05) is 11.6 Å². The lowest BCUT2D eigenvalue weighted by molar-refractivity contribution is 0.0728. The van der Waals surface area contributed by atoms with Crippen LogP contribution in [0.5, 0.6) is 5.75 Å². The first-order valence-corrected chi connectivity index (χ1v) is 11.7. The van der Waals surface area contributed by atoms with Crippen LogP contribution in [0.25, 0.3) is 11.0 Å². The fraction of sp³-hybridized carbons (Fsp3) is 0.214. The van der Waals surface area contributed by atoms with Crippen LogP contribution in [0.4, 0.5) is 0 Å². The molecule has 34 heavy (non-hydrogen) atoms. The SMILES string of the molecule is CCCN1C(=O)c2oc3cc(C)c(Cl)cc3c(=O)c2C1c1cccc(OCc2ccccc2)c1. The summed E-state index contributed by atoms with van der Waals surface area (Å²) in [6.07, 6.45) is 0.749. The number of nitrogens with zero attached hydrogens (tertiary/aromatic N) is 1. The van der Waals surface area contributed by atoms with E-state index in [9.17, 15) is 9.59 Å². The van der Waals surface area contributed by atoms with E-state index in [0.29, 0.717) is 40.5 Å². The number of hydrogen-bond acceptors (Lipinski definition) is 4. The van der Waals surface area contributed by atoms with E-state index in [0.717, 1.165) is 23.1 Å². The molecule has 0 N–H and O–H groups in total. The van der Waals surface area contributed by atoms with Gasteiger partial charge >= 0.3 is 0 Å². The Labute approximate surface area is 202 Å². The van der Waals surface area contributed by atoms with Crippen molar-refractivity contribution in [1.29, 1.82) is 0 Å². The molecular formula is C28H24ClNO4. The number of amides is 1. The van der Waals surface area contributed by atoms with Crippen molar-refractivity contribution in [1.82, 2.24) is 4.90 Å². The second-order valence-electron chi connectivity index (χ2n) is 8.52. The van der Waals surface area contributed by atoms with Crippen molar-refractivity contribution >= 4 is 28.5 Å². The molecule has 5 nitrogen and oxygen atoms in total. The Morgan fingerprint density at radius 1 is 1.03 bits per heavy atom.